The first-order chi connectivity index (χ1) is 15.6. The lowest BCUT2D eigenvalue weighted by atomic mass is 10.1. The summed E-state index contributed by atoms with van der Waals surface area (Å²) in [4.78, 5) is 16.0. The number of nitrogens with zero attached hydrogens (tertiary/aromatic N) is 6. The fourth-order valence-corrected chi connectivity index (χ4v) is 4.40. The summed E-state index contributed by atoms with van der Waals surface area (Å²) in [6.07, 6.45) is 3.65. The second-order valence-electron chi connectivity index (χ2n) is 8.53. The maximum Gasteiger partial charge on any atom is 0.244 e. The molecule has 9 heteroatoms. The van der Waals surface area contributed by atoms with Crippen molar-refractivity contribution in [2.45, 2.75) is 25.4 Å². The summed E-state index contributed by atoms with van der Waals surface area (Å²) in [5.41, 5.74) is 1.53. The van der Waals surface area contributed by atoms with Crippen LogP contribution in [0.5, 0.6) is 0 Å². The van der Waals surface area contributed by atoms with Crippen molar-refractivity contribution in [1.29, 1.82) is 0 Å². The number of hydrogen-bond donors (Lipinski definition) is 0. The molecule has 3 aromatic rings. The molecule has 32 heavy (non-hydrogen) atoms. The van der Waals surface area contributed by atoms with Gasteiger partial charge in [-0.05, 0) is 56.3 Å². The highest BCUT2D eigenvalue weighted by molar-refractivity contribution is 5.56. The van der Waals surface area contributed by atoms with Crippen LogP contribution in [0.25, 0.3) is 11.4 Å². The van der Waals surface area contributed by atoms with Crippen LogP contribution < -0.4 is 4.90 Å². The maximum atomic E-state index is 13.6. The van der Waals surface area contributed by atoms with Crippen LogP contribution in [-0.2, 0) is 6.54 Å². The molecule has 2 aliphatic rings. The van der Waals surface area contributed by atoms with E-state index in [1.54, 1.807) is 12.3 Å². The number of pyridine rings is 1. The van der Waals surface area contributed by atoms with Crippen LogP contribution in [-0.4, -0.2) is 64.7 Å². The molecule has 2 fully saturated rings. The molecule has 5 rings (SSSR count). The predicted octanol–water partition coefficient (Wildman–Crippen LogP) is 3.50. The highest BCUT2D eigenvalue weighted by Gasteiger charge is 2.31. The van der Waals surface area contributed by atoms with Gasteiger partial charge in [-0.1, -0.05) is 11.2 Å². The van der Waals surface area contributed by atoms with Crippen molar-refractivity contribution in [2.24, 2.45) is 0 Å². The zero-order valence-electron chi connectivity index (χ0n) is 18.0. The van der Waals surface area contributed by atoms with Gasteiger partial charge in [-0.15, -0.1) is 0 Å². The molecule has 0 bridgehead atoms. The quantitative estimate of drug-likeness (QED) is 0.602. The Morgan fingerprint density at radius 2 is 1.88 bits per heavy atom. The molecule has 7 nitrogen and oxygen atoms in total. The minimum Gasteiger partial charge on any atom is -0.354 e. The number of likely N-dealkylation sites (tertiary alicyclic amines) is 1. The third-order valence-electron chi connectivity index (χ3n) is 6.29. The molecule has 1 atom stereocenters. The Morgan fingerprint density at radius 3 is 2.62 bits per heavy atom. The van der Waals surface area contributed by atoms with Crippen LogP contribution in [0.4, 0.5) is 14.6 Å². The summed E-state index contributed by atoms with van der Waals surface area (Å²) in [6, 6.07) is 7.96. The van der Waals surface area contributed by atoms with E-state index >= 15 is 0 Å². The maximum absolute atomic E-state index is 13.6. The SMILES string of the molecule is CN1CCN(c2ccc(-c3noc([C@@H]4CCCN4Cc4ccc(F)c(F)c4)n3)cn2)CC1. The molecule has 2 aliphatic heterocycles. The average Bonchev–Trinajstić information content (AvgIpc) is 3.47. The lowest BCUT2D eigenvalue weighted by molar-refractivity contribution is 0.201. The van der Waals surface area contributed by atoms with E-state index < -0.39 is 11.6 Å². The number of hydrogen-bond acceptors (Lipinski definition) is 7. The van der Waals surface area contributed by atoms with E-state index in [1.807, 2.05) is 12.1 Å². The number of aromatic nitrogens is 3. The molecule has 0 N–H and O–H groups in total. The summed E-state index contributed by atoms with van der Waals surface area (Å²) in [7, 11) is 2.13. The van der Waals surface area contributed by atoms with Crippen molar-refractivity contribution < 1.29 is 13.3 Å². The van der Waals surface area contributed by atoms with Crippen molar-refractivity contribution in [1.82, 2.24) is 24.9 Å². The third-order valence-corrected chi connectivity index (χ3v) is 6.29. The number of halogens is 2. The minimum atomic E-state index is -0.833. The zero-order valence-corrected chi connectivity index (χ0v) is 18.0. The first kappa shape index (κ1) is 21.0. The summed E-state index contributed by atoms with van der Waals surface area (Å²) >= 11 is 0. The number of likely N-dealkylation sites (N-methyl/N-ethyl adjacent to an activating group) is 1. The first-order valence-corrected chi connectivity index (χ1v) is 11.0. The molecule has 2 aromatic heterocycles. The van der Waals surface area contributed by atoms with Crippen molar-refractivity contribution in [3.8, 4) is 11.4 Å². The van der Waals surface area contributed by atoms with E-state index in [9.17, 15) is 8.78 Å². The highest BCUT2D eigenvalue weighted by atomic mass is 19.2. The molecule has 0 radical (unpaired) electrons. The molecular weight excluding hydrogens is 414 g/mol. The molecular formula is C23H26F2N6O. The van der Waals surface area contributed by atoms with Crippen LogP contribution in [0.15, 0.2) is 41.1 Å². The summed E-state index contributed by atoms with van der Waals surface area (Å²) in [5, 5.41) is 4.17. The third kappa shape index (κ3) is 4.35. The first-order valence-electron chi connectivity index (χ1n) is 11.0. The Labute approximate surface area is 185 Å². The van der Waals surface area contributed by atoms with E-state index in [0.717, 1.165) is 62.5 Å². The number of piperazine rings is 1. The van der Waals surface area contributed by atoms with Gasteiger partial charge in [-0.25, -0.2) is 13.8 Å². The van der Waals surface area contributed by atoms with Gasteiger partial charge in [-0.3, -0.25) is 4.90 Å². The number of anilines is 1. The van der Waals surface area contributed by atoms with E-state index in [4.69, 9.17) is 4.52 Å². The molecule has 0 amide bonds. The minimum absolute atomic E-state index is 0.0399. The average molecular weight is 440 g/mol. The highest BCUT2D eigenvalue weighted by Crippen LogP contribution is 2.33. The van der Waals surface area contributed by atoms with Crippen LogP contribution >= 0.6 is 0 Å². The predicted molar refractivity (Wildman–Crippen MR) is 116 cm³/mol. The van der Waals surface area contributed by atoms with Crippen molar-refractivity contribution in [2.75, 3.05) is 44.7 Å². The second kappa shape index (κ2) is 8.91. The van der Waals surface area contributed by atoms with Gasteiger partial charge < -0.3 is 14.3 Å². The molecule has 0 spiro atoms. The van der Waals surface area contributed by atoms with E-state index in [1.165, 1.54) is 12.1 Å². The molecule has 4 heterocycles. The van der Waals surface area contributed by atoms with Crippen molar-refractivity contribution >= 4 is 5.82 Å². The molecule has 0 aliphatic carbocycles. The lowest BCUT2D eigenvalue weighted by Gasteiger charge is -2.33. The molecule has 168 valence electrons. The van der Waals surface area contributed by atoms with Gasteiger partial charge in [0.25, 0.3) is 0 Å². The van der Waals surface area contributed by atoms with Gasteiger partial charge >= 0.3 is 0 Å². The van der Waals surface area contributed by atoms with E-state index in [0.29, 0.717) is 18.3 Å². The monoisotopic (exact) mass is 440 g/mol. The molecule has 2 saturated heterocycles. The zero-order chi connectivity index (χ0) is 22.1. The standard InChI is InChI=1S/C23H26F2N6O/c1-29-9-11-30(12-10-29)21-7-5-17(14-26-21)22-27-23(32-28-22)20-3-2-8-31(20)15-16-4-6-18(24)19(25)13-16/h4-7,13-14,20H,2-3,8-12,15H2,1H3/t20-/m0/s1. The Bertz CT molecular complexity index is 1060. The van der Waals surface area contributed by atoms with Crippen LogP contribution in [0.2, 0.25) is 0 Å². The number of rotatable bonds is 5. The Balaban J connectivity index is 1.28. The van der Waals surface area contributed by atoms with Gasteiger partial charge in [0.15, 0.2) is 11.6 Å². The van der Waals surface area contributed by atoms with Gasteiger partial charge in [0, 0.05) is 44.5 Å². The van der Waals surface area contributed by atoms with Gasteiger partial charge in [0.2, 0.25) is 11.7 Å². The number of benzene rings is 1. The summed E-state index contributed by atoms with van der Waals surface area (Å²) < 4.78 is 32.4. The van der Waals surface area contributed by atoms with Gasteiger partial charge in [0.05, 0.1) is 6.04 Å². The lowest BCUT2D eigenvalue weighted by Crippen LogP contribution is -2.44. The molecule has 0 saturated carbocycles. The Kier molecular flexibility index (Phi) is 5.84. The smallest absolute Gasteiger partial charge is 0.244 e. The fourth-order valence-electron chi connectivity index (χ4n) is 4.40. The van der Waals surface area contributed by atoms with E-state index in [-0.39, 0.29) is 6.04 Å². The summed E-state index contributed by atoms with van der Waals surface area (Å²) in [6.45, 7) is 5.32. The van der Waals surface area contributed by atoms with E-state index in [2.05, 4.69) is 36.9 Å². The molecule has 0 unspecified atom stereocenters. The summed E-state index contributed by atoms with van der Waals surface area (Å²) in [5.74, 6) is 0.353. The Morgan fingerprint density at radius 1 is 1.03 bits per heavy atom. The van der Waals surface area contributed by atoms with Crippen molar-refractivity contribution in [3.05, 3.63) is 59.6 Å². The Hall–Kier alpha value is -2.91. The van der Waals surface area contributed by atoms with Crippen LogP contribution in [0.1, 0.15) is 30.3 Å². The normalized spacial score (nSPS) is 20.2. The van der Waals surface area contributed by atoms with Crippen molar-refractivity contribution in [3.63, 3.8) is 0 Å². The largest absolute Gasteiger partial charge is 0.354 e. The molecule has 1 aromatic carbocycles. The fraction of sp³-hybridized carbons (Fsp3) is 0.435. The topological polar surface area (TPSA) is 61.5 Å². The van der Waals surface area contributed by atoms with Gasteiger partial charge in [-0.2, -0.15) is 4.98 Å². The van der Waals surface area contributed by atoms with Gasteiger partial charge in [0.1, 0.15) is 5.82 Å². The van der Waals surface area contributed by atoms with Crippen LogP contribution in [0.3, 0.4) is 0 Å². The van der Waals surface area contributed by atoms with Crippen LogP contribution in [0, 0.1) is 11.6 Å². The second-order valence-corrected chi connectivity index (χ2v) is 8.53.